The van der Waals surface area contributed by atoms with E-state index in [1.54, 1.807) is 32.0 Å². The van der Waals surface area contributed by atoms with Crippen LogP contribution in [-0.4, -0.2) is 43.4 Å². The zero-order valence-electron chi connectivity index (χ0n) is 11.2. The van der Waals surface area contributed by atoms with Gasteiger partial charge in [0.15, 0.2) is 0 Å². The maximum atomic E-state index is 12.9. The third-order valence-corrected chi connectivity index (χ3v) is 2.79. The summed E-state index contributed by atoms with van der Waals surface area (Å²) >= 11 is 0. The maximum Gasteiger partial charge on any atom is 0.238 e. The van der Waals surface area contributed by atoms with E-state index in [9.17, 15) is 14.0 Å². The van der Waals surface area contributed by atoms with Crippen molar-refractivity contribution in [2.45, 2.75) is 13.0 Å². The van der Waals surface area contributed by atoms with Crippen LogP contribution in [0.25, 0.3) is 0 Å². The number of likely N-dealkylation sites (N-methyl/N-ethyl adjacent to an activating group) is 2. The lowest BCUT2D eigenvalue weighted by molar-refractivity contribution is -0.126. The third-order valence-electron chi connectivity index (χ3n) is 2.79. The minimum atomic E-state index is -0.414. The number of rotatable bonds is 5. The number of halogens is 1. The summed E-state index contributed by atoms with van der Waals surface area (Å²) in [6, 6.07) is 5.24. The SMILES string of the molecule is CNC(=O)[C@@H](C)N(C)CC(=O)Nc1cccc(F)c1. The van der Waals surface area contributed by atoms with Crippen LogP contribution in [0.2, 0.25) is 0 Å². The number of nitrogens with one attached hydrogen (secondary N) is 2. The Morgan fingerprint density at radius 1 is 1.42 bits per heavy atom. The first-order valence-electron chi connectivity index (χ1n) is 5.91. The highest BCUT2D eigenvalue weighted by Gasteiger charge is 2.18. The molecule has 0 aromatic heterocycles. The molecule has 0 saturated carbocycles. The standard InChI is InChI=1S/C13H18FN3O2/c1-9(13(19)15-2)17(3)8-12(18)16-11-6-4-5-10(14)7-11/h4-7,9H,8H2,1-3H3,(H,15,19)(H,16,18)/t9-/m1/s1. The van der Waals surface area contributed by atoms with Crippen LogP contribution < -0.4 is 10.6 Å². The minimum absolute atomic E-state index is 0.0467. The van der Waals surface area contributed by atoms with E-state index in [1.807, 2.05) is 0 Å². The second-order valence-electron chi connectivity index (χ2n) is 4.26. The van der Waals surface area contributed by atoms with E-state index in [0.29, 0.717) is 5.69 Å². The van der Waals surface area contributed by atoms with E-state index in [4.69, 9.17) is 0 Å². The topological polar surface area (TPSA) is 61.4 Å². The van der Waals surface area contributed by atoms with Gasteiger partial charge in [0.05, 0.1) is 12.6 Å². The van der Waals surface area contributed by atoms with Gasteiger partial charge in [-0.15, -0.1) is 0 Å². The smallest absolute Gasteiger partial charge is 0.238 e. The molecule has 0 radical (unpaired) electrons. The van der Waals surface area contributed by atoms with E-state index >= 15 is 0 Å². The predicted molar refractivity (Wildman–Crippen MR) is 71.2 cm³/mol. The van der Waals surface area contributed by atoms with Crippen LogP contribution in [0.1, 0.15) is 6.92 Å². The fourth-order valence-electron chi connectivity index (χ4n) is 1.54. The Morgan fingerprint density at radius 3 is 2.68 bits per heavy atom. The van der Waals surface area contributed by atoms with Crippen LogP contribution in [0.3, 0.4) is 0 Å². The highest BCUT2D eigenvalue weighted by molar-refractivity contribution is 5.92. The third kappa shape index (κ3) is 4.67. The molecular formula is C13H18FN3O2. The second-order valence-corrected chi connectivity index (χ2v) is 4.26. The Kier molecular flexibility index (Phi) is 5.44. The second kappa shape index (κ2) is 6.84. The van der Waals surface area contributed by atoms with E-state index in [0.717, 1.165) is 0 Å². The molecule has 0 unspecified atom stereocenters. The van der Waals surface area contributed by atoms with Gasteiger partial charge in [-0.05, 0) is 32.2 Å². The van der Waals surface area contributed by atoms with E-state index in [2.05, 4.69) is 10.6 Å². The molecule has 0 heterocycles. The molecule has 104 valence electrons. The summed E-state index contributed by atoms with van der Waals surface area (Å²) in [6.07, 6.45) is 0. The maximum absolute atomic E-state index is 12.9. The van der Waals surface area contributed by atoms with Crippen LogP contribution in [0, 0.1) is 5.82 Å². The Labute approximate surface area is 111 Å². The molecule has 0 saturated heterocycles. The first-order valence-corrected chi connectivity index (χ1v) is 5.91. The molecule has 5 nitrogen and oxygen atoms in total. The molecular weight excluding hydrogens is 249 g/mol. The van der Waals surface area contributed by atoms with Gasteiger partial charge in [0.1, 0.15) is 5.82 Å². The fraction of sp³-hybridized carbons (Fsp3) is 0.385. The van der Waals surface area contributed by atoms with E-state index in [1.165, 1.54) is 18.2 Å². The van der Waals surface area contributed by atoms with Crippen molar-refractivity contribution in [2.24, 2.45) is 0 Å². The molecule has 0 fully saturated rings. The summed E-state index contributed by atoms with van der Waals surface area (Å²) in [5.41, 5.74) is 0.394. The number of hydrogen-bond donors (Lipinski definition) is 2. The van der Waals surface area contributed by atoms with Crippen molar-refractivity contribution in [3.63, 3.8) is 0 Å². The normalized spacial score (nSPS) is 12.1. The molecule has 1 aromatic rings. The molecule has 1 aromatic carbocycles. The minimum Gasteiger partial charge on any atom is -0.358 e. The largest absolute Gasteiger partial charge is 0.358 e. The summed E-state index contributed by atoms with van der Waals surface area (Å²) in [5.74, 6) is -0.880. The molecule has 0 aliphatic rings. The van der Waals surface area contributed by atoms with Crippen molar-refractivity contribution < 1.29 is 14.0 Å². The molecule has 19 heavy (non-hydrogen) atoms. The molecule has 2 amide bonds. The number of anilines is 1. The molecule has 0 spiro atoms. The number of nitrogens with zero attached hydrogens (tertiary/aromatic N) is 1. The van der Waals surface area contributed by atoms with Crippen molar-refractivity contribution >= 4 is 17.5 Å². The zero-order valence-corrected chi connectivity index (χ0v) is 11.2. The van der Waals surface area contributed by atoms with Gasteiger partial charge in [-0.2, -0.15) is 0 Å². The lowest BCUT2D eigenvalue weighted by Gasteiger charge is -2.22. The van der Waals surface area contributed by atoms with Crippen LogP contribution in [0.4, 0.5) is 10.1 Å². The van der Waals surface area contributed by atoms with Crippen molar-refractivity contribution in [1.29, 1.82) is 0 Å². The number of carbonyl (C=O) groups is 2. The van der Waals surface area contributed by atoms with Crippen LogP contribution in [-0.2, 0) is 9.59 Å². The number of amides is 2. The number of carbonyl (C=O) groups excluding carboxylic acids is 2. The molecule has 6 heteroatoms. The lowest BCUT2D eigenvalue weighted by Crippen LogP contribution is -2.44. The van der Waals surface area contributed by atoms with Gasteiger partial charge >= 0.3 is 0 Å². The Morgan fingerprint density at radius 2 is 2.11 bits per heavy atom. The van der Waals surface area contributed by atoms with Crippen molar-refractivity contribution in [3.05, 3.63) is 30.1 Å². The molecule has 0 aliphatic heterocycles. The highest BCUT2D eigenvalue weighted by Crippen LogP contribution is 2.09. The summed E-state index contributed by atoms with van der Waals surface area (Å²) in [5, 5.41) is 5.09. The van der Waals surface area contributed by atoms with E-state index < -0.39 is 11.9 Å². The predicted octanol–water partition coefficient (Wildman–Crippen LogP) is 0.831. The first kappa shape index (κ1) is 15.1. The average molecular weight is 267 g/mol. The van der Waals surface area contributed by atoms with Crippen LogP contribution in [0.5, 0.6) is 0 Å². The Hall–Kier alpha value is -1.95. The zero-order chi connectivity index (χ0) is 14.4. The van der Waals surface area contributed by atoms with Gasteiger partial charge in [0, 0.05) is 12.7 Å². The van der Waals surface area contributed by atoms with Gasteiger partial charge in [0.2, 0.25) is 11.8 Å². The average Bonchev–Trinajstić information content (AvgIpc) is 2.36. The number of hydrogen-bond acceptors (Lipinski definition) is 3. The van der Waals surface area contributed by atoms with Gasteiger partial charge < -0.3 is 10.6 Å². The summed E-state index contributed by atoms with van der Waals surface area (Å²) in [7, 11) is 3.21. The van der Waals surface area contributed by atoms with Gasteiger partial charge in [-0.1, -0.05) is 6.07 Å². The molecule has 0 bridgehead atoms. The lowest BCUT2D eigenvalue weighted by atomic mass is 10.2. The summed E-state index contributed by atoms with van der Waals surface area (Å²) in [4.78, 5) is 24.8. The van der Waals surface area contributed by atoms with Gasteiger partial charge in [-0.3, -0.25) is 14.5 Å². The molecule has 0 aliphatic carbocycles. The van der Waals surface area contributed by atoms with Gasteiger partial charge in [0.25, 0.3) is 0 Å². The fourth-order valence-corrected chi connectivity index (χ4v) is 1.54. The number of benzene rings is 1. The quantitative estimate of drug-likeness (QED) is 0.830. The van der Waals surface area contributed by atoms with Crippen molar-refractivity contribution in [3.8, 4) is 0 Å². The van der Waals surface area contributed by atoms with Crippen LogP contribution >= 0.6 is 0 Å². The molecule has 1 atom stereocenters. The van der Waals surface area contributed by atoms with E-state index in [-0.39, 0.29) is 18.4 Å². The Balaban J connectivity index is 2.53. The van der Waals surface area contributed by atoms with Crippen molar-refractivity contribution in [1.82, 2.24) is 10.2 Å². The first-order chi connectivity index (χ1) is 8.93. The van der Waals surface area contributed by atoms with Crippen molar-refractivity contribution in [2.75, 3.05) is 26.0 Å². The Bertz CT molecular complexity index is 465. The van der Waals surface area contributed by atoms with Crippen LogP contribution in [0.15, 0.2) is 24.3 Å². The monoisotopic (exact) mass is 267 g/mol. The van der Waals surface area contributed by atoms with Gasteiger partial charge in [-0.25, -0.2) is 4.39 Å². The molecule has 2 N–H and O–H groups in total. The highest BCUT2D eigenvalue weighted by atomic mass is 19.1. The summed E-state index contributed by atoms with van der Waals surface area (Å²) < 4.78 is 12.9. The molecule has 1 rings (SSSR count). The summed E-state index contributed by atoms with van der Waals surface area (Å²) in [6.45, 7) is 1.75.